The van der Waals surface area contributed by atoms with Gasteiger partial charge in [-0.1, -0.05) is 20.8 Å². The van der Waals surface area contributed by atoms with Crippen molar-refractivity contribution in [2.45, 2.75) is 59.0 Å². The molecule has 4 aromatic rings. The summed E-state index contributed by atoms with van der Waals surface area (Å²) in [7, 11) is 3.47. The molecule has 1 saturated carbocycles. The lowest BCUT2D eigenvalue weighted by Crippen LogP contribution is -2.39. The van der Waals surface area contributed by atoms with E-state index in [1.807, 2.05) is 37.3 Å². The lowest BCUT2D eigenvalue weighted by atomic mass is 9.94. The van der Waals surface area contributed by atoms with Crippen molar-refractivity contribution in [2.75, 3.05) is 13.7 Å². The smallest absolute Gasteiger partial charge is 0.335 e. The zero-order valence-electron chi connectivity index (χ0n) is 23.2. The number of hydrogen-bond donors (Lipinski definition) is 1. The highest BCUT2D eigenvalue weighted by Crippen LogP contribution is 2.39. The molecule has 4 heterocycles. The Morgan fingerprint density at radius 3 is 2.54 bits per heavy atom. The molecular weight excluding hydrogens is 494 g/mol. The molecular formula is C30H35N5O4. The SMILES string of the molecule is COc1cc(C(=O)O)cc2nc(-c3cc4ccc([C@H]5CCCN5C(=O)C(C)(C)C)nc4n3CC3CC3)n(C)c12. The molecule has 2 aliphatic rings. The summed E-state index contributed by atoms with van der Waals surface area (Å²) < 4.78 is 9.79. The van der Waals surface area contributed by atoms with Crippen LogP contribution in [0.1, 0.15) is 68.5 Å². The van der Waals surface area contributed by atoms with E-state index in [1.165, 1.54) is 18.9 Å². The summed E-state index contributed by atoms with van der Waals surface area (Å²) >= 11 is 0. The lowest BCUT2D eigenvalue weighted by Gasteiger charge is -2.30. The van der Waals surface area contributed by atoms with Gasteiger partial charge >= 0.3 is 5.97 Å². The van der Waals surface area contributed by atoms with Crippen LogP contribution in [0.2, 0.25) is 0 Å². The molecule has 1 atom stereocenters. The summed E-state index contributed by atoms with van der Waals surface area (Å²) in [5, 5.41) is 10.6. The number of carbonyl (C=O) groups excluding carboxylic acids is 1. The first-order valence-electron chi connectivity index (χ1n) is 13.7. The number of aromatic nitrogens is 4. The highest BCUT2D eigenvalue weighted by atomic mass is 16.5. The Labute approximate surface area is 227 Å². The average molecular weight is 530 g/mol. The van der Waals surface area contributed by atoms with Crippen molar-refractivity contribution < 1.29 is 19.4 Å². The maximum atomic E-state index is 13.2. The predicted molar refractivity (Wildman–Crippen MR) is 149 cm³/mol. The molecule has 0 unspecified atom stereocenters. The largest absolute Gasteiger partial charge is 0.494 e. The first kappa shape index (κ1) is 25.4. The number of hydrogen-bond acceptors (Lipinski definition) is 5. The molecule has 204 valence electrons. The minimum Gasteiger partial charge on any atom is -0.494 e. The molecule has 1 saturated heterocycles. The van der Waals surface area contributed by atoms with Crippen LogP contribution in [0.5, 0.6) is 5.75 Å². The molecule has 0 bridgehead atoms. The number of carbonyl (C=O) groups is 2. The molecule has 6 rings (SSSR count). The molecule has 1 aliphatic heterocycles. The van der Waals surface area contributed by atoms with Gasteiger partial charge < -0.3 is 23.9 Å². The molecule has 1 aromatic carbocycles. The molecule has 9 nitrogen and oxygen atoms in total. The Bertz CT molecular complexity index is 1620. The van der Waals surface area contributed by atoms with Gasteiger partial charge in [-0.15, -0.1) is 0 Å². The van der Waals surface area contributed by atoms with Crippen molar-refractivity contribution in [1.29, 1.82) is 0 Å². The van der Waals surface area contributed by atoms with Crippen LogP contribution in [-0.4, -0.2) is 54.6 Å². The second-order valence-corrected chi connectivity index (χ2v) is 12.0. The summed E-state index contributed by atoms with van der Waals surface area (Å²) in [5.74, 6) is 0.944. The van der Waals surface area contributed by atoms with E-state index in [0.29, 0.717) is 17.2 Å². The van der Waals surface area contributed by atoms with Crippen LogP contribution < -0.4 is 4.74 Å². The van der Waals surface area contributed by atoms with Crippen LogP contribution in [0.3, 0.4) is 0 Å². The number of carboxylic acid groups (broad SMARTS) is 1. The van der Waals surface area contributed by atoms with Crippen molar-refractivity contribution >= 4 is 33.9 Å². The van der Waals surface area contributed by atoms with Crippen LogP contribution in [0, 0.1) is 11.3 Å². The van der Waals surface area contributed by atoms with E-state index >= 15 is 0 Å². The maximum absolute atomic E-state index is 13.2. The Balaban J connectivity index is 1.49. The van der Waals surface area contributed by atoms with Crippen LogP contribution in [0.4, 0.5) is 0 Å². The van der Waals surface area contributed by atoms with E-state index in [-0.39, 0.29) is 17.5 Å². The molecule has 0 radical (unpaired) electrons. The number of likely N-dealkylation sites (tertiary alicyclic amines) is 1. The first-order chi connectivity index (χ1) is 18.6. The molecule has 3 aromatic heterocycles. The van der Waals surface area contributed by atoms with Crippen LogP contribution in [0.15, 0.2) is 30.3 Å². The summed E-state index contributed by atoms with van der Waals surface area (Å²) in [4.78, 5) is 37.0. The van der Waals surface area contributed by atoms with Crippen LogP contribution in [0.25, 0.3) is 33.6 Å². The Morgan fingerprint density at radius 2 is 1.87 bits per heavy atom. The van der Waals surface area contributed by atoms with E-state index in [0.717, 1.165) is 59.7 Å². The van der Waals surface area contributed by atoms with E-state index in [4.69, 9.17) is 14.7 Å². The molecule has 39 heavy (non-hydrogen) atoms. The topological polar surface area (TPSA) is 102 Å². The van der Waals surface area contributed by atoms with Crippen LogP contribution >= 0.6 is 0 Å². The fraction of sp³-hybridized carbons (Fsp3) is 0.467. The molecule has 1 amide bonds. The number of methoxy groups -OCH3 is 1. The predicted octanol–water partition coefficient (Wildman–Crippen LogP) is 5.42. The summed E-state index contributed by atoms with van der Waals surface area (Å²) in [6.07, 6.45) is 4.26. The van der Waals surface area contributed by atoms with Gasteiger partial charge in [-0.25, -0.2) is 14.8 Å². The molecule has 0 spiro atoms. The van der Waals surface area contributed by atoms with Crippen molar-refractivity contribution in [3.05, 3.63) is 41.6 Å². The molecule has 1 N–H and O–H groups in total. The van der Waals surface area contributed by atoms with Gasteiger partial charge in [0.1, 0.15) is 16.9 Å². The average Bonchev–Trinajstić information content (AvgIpc) is 3.31. The number of ether oxygens (including phenoxy) is 1. The number of fused-ring (bicyclic) bond motifs is 2. The highest BCUT2D eigenvalue weighted by molar-refractivity contribution is 5.96. The summed E-state index contributed by atoms with van der Waals surface area (Å²) in [6.45, 7) is 7.51. The van der Waals surface area contributed by atoms with Crippen molar-refractivity contribution in [3.63, 3.8) is 0 Å². The zero-order valence-corrected chi connectivity index (χ0v) is 23.2. The van der Waals surface area contributed by atoms with Crippen molar-refractivity contribution in [3.8, 4) is 17.3 Å². The minimum atomic E-state index is -1.02. The monoisotopic (exact) mass is 529 g/mol. The fourth-order valence-electron chi connectivity index (χ4n) is 5.82. The van der Waals surface area contributed by atoms with Gasteiger partial charge in [0.2, 0.25) is 5.91 Å². The maximum Gasteiger partial charge on any atom is 0.335 e. The zero-order chi connectivity index (χ0) is 27.6. The quantitative estimate of drug-likeness (QED) is 0.358. The Morgan fingerprint density at radius 1 is 1.10 bits per heavy atom. The van der Waals surface area contributed by atoms with E-state index < -0.39 is 11.4 Å². The van der Waals surface area contributed by atoms with E-state index in [9.17, 15) is 14.7 Å². The number of rotatable bonds is 6. The third kappa shape index (κ3) is 4.33. The van der Waals surface area contributed by atoms with Gasteiger partial charge in [0.05, 0.1) is 35.6 Å². The highest BCUT2D eigenvalue weighted by Gasteiger charge is 2.37. The number of benzene rings is 1. The number of carboxylic acids is 1. The number of amides is 1. The standard InChI is InChI=1S/C30H35N5O4/c1-30(2,3)29(38)34-12-6-7-22(34)20-11-10-18-14-23(35(26(18)31-20)16-17-8-9-17)27-32-21-13-19(28(36)37)15-24(39-5)25(21)33(27)4/h10-11,13-15,17,22H,6-9,12,16H2,1-5H3,(H,36,37)/t22-/m1/s1. The second kappa shape index (κ2) is 9.10. The van der Waals surface area contributed by atoms with Crippen LogP contribution in [-0.2, 0) is 18.4 Å². The lowest BCUT2D eigenvalue weighted by molar-refractivity contribution is -0.140. The van der Waals surface area contributed by atoms with Gasteiger partial charge in [-0.3, -0.25) is 4.79 Å². The van der Waals surface area contributed by atoms with Gasteiger partial charge in [0, 0.05) is 30.9 Å². The van der Waals surface area contributed by atoms with Gasteiger partial charge in [0.25, 0.3) is 0 Å². The number of imidazole rings is 1. The number of nitrogens with zero attached hydrogens (tertiary/aromatic N) is 5. The van der Waals surface area contributed by atoms with E-state index in [1.54, 1.807) is 13.2 Å². The minimum absolute atomic E-state index is 0.0247. The van der Waals surface area contributed by atoms with Crippen molar-refractivity contribution in [2.24, 2.45) is 18.4 Å². The van der Waals surface area contributed by atoms with Gasteiger partial charge in [-0.2, -0.15) is 0 Å². The Kier molecular flexibility index (Phi) is 5.93. The number of aromatic carboxylic acids is 1. The third-order valence-corrected chi connectivity index (χ3v) is 8.03. The normalized spacial score (nSPS) is 17.9. The fourth-order valence-corrected chi connectivity index (χ4v) is 5.82. The molecule has 1 aliphatic carbocycles. The van der Waals surface area contributed by atoms with Gasteiger partial charge in [-0.05, 0) is 61.9 Å². The van der Waals surface area contributed by atoms with Crippen molar-refractivity contribution in [1.82, 2.24) is 24.0 Å². The first-order valence-corrected chi connectivity index (χ1v) is 13.7. The number of pyridine rings is 1. The summed E-state index contributed by atoms with van der Waals surface area (Å²) in [5.41, 5.74) is 3.79. The van der Waals surface area contributed by atoms with Gasteiger partial charge in [0.15, 0.2) is 5.82 Å². The molecule has 9 heteroatoms. The van der Waals surface area contributed by atoms with E-state index in [2.05, 4.69) is 22.8 Å². The molecule has 2 fully saturated rings. The Hall–Kier alpha value is -3.88. The second-order valence-electron chi connectivity index (χ2n) is 12.0. The number of aryl methyl sites for hydroxylation is 1. The summed E-state index contributed by atoms with van der Waals surface area (Å²) in [6, 6.07) is 9.39. The third-order valence-electron chi connectivity index (χ3n) is 8.03.